The topological polar surface area (TPSA) is 135 Å². The van der Waals surface area contributed by atoms with Gasteiger partial charge in [0.1, 0.15) is 23.3 Å². The first kappa shape index (κ1) is 20.8. The number of anilines is 2. The SMILES string of the molecule is COc1cccc2c(N=C(N)CN3CCc4ccc(NC(C)O)cc4C3)nc(N)nc12. The molecule has 1 aliphatic heterocycles. The van der Waals surface area contributed by atoms with Crippen molar-refractivity contribution in [1.82, 2.24) is 14.9 Å². The summed E-state index contributed by atoms with van der Waals surface area (Å²) in [6.07, 6.45) is 0.326. The van der Waals surface area contributed by atoms with Crippen LogP contribution in [0.15, 0.2) is 41.4 Å². The third-order valence-electron chi connectivity index (χ3n) is 5.21. The summed E-state index contributed by atoms with van der Waals surface area (Å²) < 4.78 is 5.38. The smallest absolute Gasteiger partial charge is 0.222 e. The quantitative estimate of drug-likeness (QED) is 0.270. The fourth-order valence-corrected chi connectivity index (χ4v) is 3.86. The van der Waals surface area contributed by atoms with Gasteiger partial charge in [-0.05, 0) is 48.7 Å². The third kappa shape index (κ3) is 4.68. The summed E-state index contributed by atoms with van der Waals surface area (Å²) in [5.74, 6) is 1.60. The van der Waals surface area contributed by atoms with Gasteiger partial charge in [-0.3, -0.25) is 4.90 Å². The van der Waals surface area contributed by atoms with E-state index in [1.807, 2.05) is 24.3 Å². The van der Waals surface area contributed by atoms with Crippen LogP contribution >= 0.6 is 0 Å². The van der Waals surface area contributed by atoms with Crippen LogP contribution in [0.2, 0.25) is 0 Å². The molecular weight excluding hydrogens is 394 g/mol. The van der Waals surface area contributed by atoms with Crippen LogP contribution < -0.4 is 21.5 Å². The number of fused-ring (bicyclic) bond motifs is 2. The Morgan fingerprint density at radius 1 is 1.29 bits per heavy atom. The number of nitrogens with zero attached hydrogens (tertiary/aromatic N) is 4. The minimum Gasteiger partial charge on any atom is -0.494 e. The van der Waals surface area contributed by atoms with Crippen molar-refractivity contribution >= 4 is 34.2 Å². The molecule has 1 aliphatic rings. The van der Waals surface area contributed by atoms with Crippen LogP contribution in [0.25, 0.3) is 10.9 Å². The number of hydrogen-bond acceptors (Lipinski definition) is 8. The molecule has 9 nitrogen and oxygen atoms in total. The summed E-state index contributed by atoms with van der Waals surface area (Å²) >= 11 is 0. The Morgan fingerprint density at radius 2 is 2.13 bits per heavy atom. The molecule has 1 atom stereocenters. The monoisotopic (exact) mass is 421 g/mol. The lowest BCUT2D eigenvalue weighted by Crippen LogP contribution is -2.37. The van der Waals surface area contributed by atoms with E-state index in [0.29, 0.717) is 29.5 Å². The summed E-state index contributed by atoms with van der Waals surface area (Å²) in [5.41, 5.74) is 16.2. The molecule has 2 heterocycles. The average Bonchev–Trinajstić information content (AvgIpc) is 2.72. The molecule has 9 heteroatoms. The number of hydrogen-bond donors (Lipinski definition) is 4. The molecule has 0 spiro atoms. The second kappa shape index (κ2) is 8.75. The van der Waals surface area contributed by atoms with Crippen molar-refractivity contribution < 1.29 is 9.84 Å². The fraction of sp³-hybridized carbons (Fsp3) is 0.318. The summed E-state index contributed by atoms with van der Waals surface area (Å²) in [5, 5.41) is 13.3. The predicted octanol–water partition coefficient (Wildman–Crippen LogP) is 2.02. The normalized spacial score (nSPS) is 15.5. The maximum Gasteiger partial charge on any atom is 0.222 e. The Balaban J connectivity index is 1.55. The minimum atomic E-state index is -0.603. The summed E-state index contributed by atoms with van der Waals surface area (Å²) in [6, 6.07) is 11.7. The van der Waals surface area contributed by atoms with Crippen LogP contribution in [0.3, 0.4) is 0 Å². The number of amidine groups is 1. The highest BCUT2D eigenvalue weighted by Gasteiger charge is 2.18. The summed E-state index contributed by atoms with van der Waals surface area (Å²) in [6.45, 7) is 3.83. The fourth-order valence-electron chi connectivity index (χ4n) is 3.86. The van der Waals surface area contributed by atoms with E-state index in [4.69, 9.17) is 16.2 Å². The Hall–Kier alpha value is -3.43. The van der Waals surface area contributed by atoms with Crippen molar-refractivity contribution in [3.05, 3.63) is 47.5 Å². The van der Waals surface area contributed by atoms with E-state index in [9.17, 15) is 5.11 Å². The number of aliphatic hydroxyl groups is 1. The maximum absolute atomic E-state index is 9.57. The number of rotatable bonds is 6. The number of aromatic nitrogens is 2. The predicted molar refractivity (Wildman–Crippen MR) is 123 cm³/mol. The van der Waals surface area contributed by atoms with Gasteiger partial charge in [0.05, 0.1) is 13.7 Å². The van der Waals surface area contributed by atoms with Gasteiger partial charge in [-0.1, -0.05) is 12.1 Å². The van der Waals surface area contributed by atoms with Crippen LogP contribution in [0.1, 0.15) is 18.1 Å². The molecule has 0 fully saturated rings. The zero-order chi connectivity index (χ0) is 22.0. The summed E-state index contributed by atoms with van der Waals surface area (Å²) in [4.78, 5) is 15.3. The van der Waals surface area contributed by atoms with Gasteiger partial charge < -0.3 is 26.6 Å². The zero-order valence-electron chi connectivity index (χ0n) is 17.7. The van der Waals surface area contributed by atoms with Crippen LogP contribution in [0.5, 0.6) is 5.75 Å². The minimum absolute atomic E-state index is 0.119. The second-order valence-corrected chi connectivity index (χ2v) is 7.63. The van der Waals surface area contributed by atoms with Crippen LogP contribution in [0, 0.1) is 0 Å². The van der Waals surface area contributed by atoms with Gasteiger partial charge in [-0.15, -0.1) is 0 Å². The van der Waals surface area contributed by atoms with E-state index in [-0.39, 0.29) is 5.95 Å². The van der Waals surface area contributed by atoms with Gasteiger partial charge in [-0.25, -0.2) is 9.98 Å². The number of ether oxygens (including phenoxy) is 1. The lowest BCUT2D eigenvalue weighted by molar-refractivity contribution is 0.224. The Kier molecular flexibility index (Phi) is 5.88. The van der Waals surface area contributed by atoms with Gasteiger partial charge in [0, 0.05) is 24.2 Å². The third-order valence-corrected chi connectivity index (χ3v) is 5.21. The first-order chi connectivity index (χ1) is 14.9. The van der Waals surface area contributed by atoms with E-state index < -0.39 is 6.23 Å². The molecule has 0 amide bonds. The number of nitrogen functional groups attached to an aromatic ring is 1. The van der Waals surface area contributed by atoms with Crippen molar-refractivity contribution in [3.8, 4) is 5.75 Å². The molecule has 0 saturated heterocycles. The number of aliphatic hydroxyl groups excluding tert-OH is 1. The Labute approximate surface area is 180 Å². The van der Waals surface area contributed by atoms with Crippen molar-refractivity contribution in [2.75, 3.05) is 31.2 Å². The molecule has 1 unspecified atom stereocenters. The number of nitrogens with two attached hydrogens (primary N) is 2. The molecule has 31 heavy (non-hydrogen) atoms. The van der Waals surface area contributed by atoms with Gasteiger partial charge in [0.15, 0.2) is 5.82 Å². The average molecular weight is 422 g/mol. The molecule has 1 aromatic heterocycles. The van der Waals surface area contributed by atoms with E-state index >= 15 is 0 Å². The first-order valence-corrected chi connectivity index (χ1v) is 10.1. The molecule has 0 bridgehead atoms. The standard InChI is InChI=1S/C22H27N7O2/c1-13(30)25-16-7-6-14-8-9-29(11-15(14)10-16)12-19(23)26-21-17-4-3-5-18(31-2)20(17)27-22(24)28-21/h3-7,10,13,25,30H,8-9,11-12H2,1-2H3,(H4,23,24,26,27,28). The van der Waals surface area contributed by atoms with Crippen molar-refractivity contribution in [2.24, 2.45) is 10.7 Å². The van der Waals surface area contributed by atoms with E-state index in [0.717, 1.165) is 30.6 Å². The van der Waals surface area contributed by atoms with E-state index in [1.165, 1.54) is 11.1 Å². The zero-order valence-corrected chi connectivity index (χ0v) is 17.7. The molecule has 0 saturated carbocycles. The number of methoxy groups -OCH3 is 1. The van der Waals surface area contributed by atoms with Crippen LogP contribution in [-0.4, -0.2) is 52.2 Å². The van der Waals surface area contributed by atoms with Gasteiger partial charge >= 0.3 is 0 Å². The highest BCUT2D eigenvalue weighted by molar-refractivity contribution is 5.96. The molecule has 4 rings (SSSR count). The van der Waals surface area contributed by atoms with Crippen molar-refractivity contribution in [1.29, 1.82) is 0 Å². The first-order valence-electron chi connectivity index (χ1n) is 10.1. The molecule has 0 radical (unpaired) electrons. The lowest BCUT2D eigenvalue weighted by atomic mass is 9.99. The number of aliphatic imine (C=N–C) groups is 1. The molecule has 3 aromatic rings. The highest BCUT2D eigenvalue weighted by Crippen LogP contribution is 2.30. The second-order valence-electron chi connectivity index (χ2n) is 7.63. The van der Waals surface area contributed by atoms with E-state index in [2.05, 4.69) is 37.3 Å². The van der Waals surface area contributed by atoms with E-state index in [1.54, 1.807) is 14.0 Å². The highest BCUT2D eigenvalue weighted by atomic mass is 16.5. The van der Waals surface area contributed by atoms with Crippen molar-refractivity contribution in [3.63, 3.8) is 0 Å². The molecule has 162 valence electrons. The van der Waals surface area contributed by atoms with Crippen molar-refractivity contribution in [2.45, 2.75) is 26.1 Å². The molecule has 2 aromatic carbocycles. The van der Waals surface area contributed by atoms with Crippen LogP contribution in [-0.2, 0) is 13.0 Å². The number of para-hydroxylation sites is 1. The van der Waals surface area contributed by atoms with Gasteiger partial charge in [-0.2, -0.15) is 4.98 Å². The maximum atomic E-state index is 9.57. The number of nitrogens with one attached hydrogen (secondary N) is 1. The largest absolute Gasteiger partial charge is 0.494 e. The molecule has 0 aliphatic carbocycles. The molecular formula is C22H27N7O2. The van der Waals surface area contributed by atoms with Crippen LogP contribution in [0.4, 0.5) is 17.5 Å². The Bertz CT molecular complexity index is 1130. The number of benzene rings is 2. The summed E-state index contributed by atoms with van der Waals surface area (Å²) in [7, 11) is 1.58. The van der Waals surface area contributed by atoms with Gasteiger partial charge in [0.25, 0.3) is 0 Å². The Morgan fingerprint density at radius 3 is 2.90 bits per heavy atom. The van der Waals surface area contributed by atoms with Gasteiger partial charge in [0.2, 0.25) is 5.95 Å². The lowest BCUT2D eigenvalue weighted by Gasteiger charge is -2.29. The molecule has 6 N–H and O–H groups in total.